The number of carbonyl (C=O) groups excluding carboxylic acids is 9. The molecule has 450 valence electrons. The molecule has 9 amide bonds. The van der Waals surface area contributed by atoms with Gasteiger partial charge in [-0.1, -0.05) is 62.7 Å². The number of nitrogens with two attached hydrogens (primary N) is 1. The van der Waals surface area contributed by atoms with E-state index in [1.807, 2.05) is 0 Å². The summed E-state index contributed by atoms with van der Waals surface area (Å²) in [6, 6.07) is -0.278. The quantitative estimate of drug-likeness (QED) is 0.0323. The van der Waals surface area contributed by atoms with Crippen molar-refractivity contribution in [1.29, 1.82) is 0 Å². The maximum Gasteiger partial charge on any atom is 0.325 e. The molecule has 0 aliphatic carbocycles. The number of carboxylic acids is 5. The number of carboxylic acid groups (broad SMARTS) is 5. The molecule has 0 fully saturated rings. The Balaban J connectivity index is 2.38. The van der Waals surface area contributed by atoms with Crippen LogP contribution in [-0.2, 0) is 80.0 Å². The highest BCUT2D eigenvalue weighted by atomic mass is 16.4. The highest BCUT2D eigenvalue weighted by molar-refractivity contribution is 5.98. The van der Waals surface area contributed by atoms with Crippen molar-refractivity contribution in [3.8, 4) is 5.75 Å². The lowest BCUT2D eigenvalue weighted by molar-refractivity contribution is -0.142. The van der Waals surface area contributed by atoms with Gasteiger partial charge in [0.25, 0.3) is 0 Å². The molecule has 2 rings (SSSR count). The monoisotopic (exact) mass is 1160 g/mol. The van der Waals surface area contributed by atoms with Crippen molar-refractivity contribution in [2.75, 3.05) is 6.54 Å². The summed E-state index contributed by atoms with van der Waals surface area (Å²) in [7, 11) is 0. The third-order valence-electron chi connectivity index (χ3n) is 12.5. The lowest BCUT2D eigenvalue weighted by atomic mass is 9.96. The van der Waals surface area contributed by atoms with Gasteiger partial charge in [-0.2, -0.15) is 0 Å². The molecule has 0 aromatic heterocycles. The Labute approximate surface area is 469 Å². The van der Waals surface area contributed by atoms with Crippen LogP contribution in [0.15, 0.2) is 54.6 Å². The van der Waals surface area contributed by atoms with Crippen LogP contribution < -0.4 is 53.6 Å². The Morgan fingerprint density at radius 1 is 0.439 bits per heavy atom. The lowest BCUT2D eigenvalue weighted by Gasteiger charge is -2.28. The van der Waals surface area contributed by atoms with Crippen LogP contribution in [0.3, 0.4) is 0 Å². The molecule has 0 spiro atoms. The minimum Gasteiger partial charge on any atom is -0.508 e. The SMILES string of the molecule is CC[C@H](C)[C@H](NC(=O)[C@H](C)NC(=O)[C@H](CCC(=O)O)NC(=O)[C@@H](N)CCC(=O)O)C(=O)N[C@@H](Cc1ccc(O)cc1)C(=O)NCC(=O)N[C@@H](CCC(=O)O)C(=O)N[C@@H](Cc1ccccc1)C(=O)N[C@@H](CCC(=O)O)C(=O)N[C@@H](C)C(=O)O. The normalized spacial score (nSPS) is 14.5. The zero-order chi connectivity index (χ0) is 61.8. The first-order valence-corrected chi connectivity index (χ1v) is 25.9. The summed E-state index contributed by atoms with van der Waals surface area (Å²) in [5, 5.41) is 77.5. The summed E-state index contributed by atoms with van der Waals surface area (Å²) in [6.07, 6.45) is -4.62. The minimum absolute atomic E-state index is 0.149. The molecule has 0 aliphatic heterocycles. The maximum atomic E-state index is 14.1. The van der Waals surface area contributed by atoms with Gasteiger partial charge in [0.1, 0.15) is 54.1 Å². The van der Waals surface area contributed by atoms with Gasteiger partial charge in [0.2, 0.25) is 53.2 Å². The van der Waals surface area contributed by atoms with E-state index in [9.17, 15) is 92.7 Å². The Morgan fingerprint density at radius 2 is 0.841 bits per heavy atom. The fraction of sp³-hybridized carbons (Fsp3) is 0.500. The molecule has 2 aromatic carbocycles. The number of amides is 9. The molecule has 17 N–H and O–H groups in total. The van der Waals surface area contributed by atoms with E-state index in [1.165, 1.54) is 31.2 Å². The first-order valence-electron chi connectivity index (χ1n) is 25.9. The van der Waals surface area contributed by atoms with Gasteiger partial charge in [-0.3, -0.25) is 67.1 Å². The molecule has 82 heavy (non-hydrogen) atoms. The molecule has 10 atom stereocenters. The van der Waals surface area contributed by atoms with Crippen LogP contribution in [0.5, 0.6) is 5.75 Å². The third kappa shape index (κ3) is 25.7. The van der Waals surface area contributed by atoms with Gasteiger partial charge in [-0.05, 0) is 68.7 Å². The van der Waals surface area contributed by atoms with Gasteiger partial charge >= 0.3 is 29.8 Å². The topological polar surface area (TPSA) is 495 Å². The first kappa shape index (κ1) is 68.9. The van der Waals surface area contributed by atoms with E-state index in [2.05, 4.69) is 47.9 Å². The lowest BCUT2D eigenvalue weighted by Crippen LogP contribution is -2.60. The largest absolute Gasteiger partial charge is 0.508 e. The van der Waals surface area contributed by atoms with Gasteiger partial charge in [0, 0.05) is 38.5 Å². The summed E-state index contributed by atoms with van der Waals surface area (Å²) >= 11 is 0. The summed E-state index contributed by atoms with van der Waals surface area (Å²) in [5.41, 5.74) is 6.58. The van der Waals surface area contributed by atoms with Crippen molar-refractivity contribution in [2.24, 2.45) is 11.7 Å². The van der Waals surface area contributed by atoms with E-state index in [-0.39, 0.29) is 31.4 Å². The number of aliphatic carboxylic acids is 5. The molecule has 30 heteroatoms. The smallest absolute Gasteiger partial charge is 0.325 e. The number of phenols is 1. The first-order chi connectivity index (χ1) is 38.5. The van der Waals surface area contributed by atoms with Crippen molar-refractivity contribution >= 4 is 83.0 Å². The van der Waals surface area contributed by atoms with Crippen molar-refractivity contribution in [1.82, 2.24) is 47.9 Å². The van der Waals surface area contributed by atoms with Gasteiger partial charge in [0.05, 0.1) is 12.6 Å². The number of nitrogens with one attached hydrogen (secondary N) is 9. The van der Waals surface area contributed by atoms with Crippen molar-refractivity contribution in [3.05, 3.63) is 65.7 Å². The molecule has 2 aromatic rings. The summed E-state index contributed by atoms with van der Waals surface area (Å²) in [6.45, 7) is 4.68. The molecular weight excluding hydrogens is 1080 g/mol. The van der Waals surface area contributed by atoms with E-state index >= 15 is 0 Å². The van der Waals surface area contributed by atoms with Crippen LogP contribution in [0.2, 0.25) is 0 Å². The molecule has 30 nitrogen and oxygen atoms in total. The summed E-state index contributed by atoms with van der Waals surface area (Å²) in [5.74, 6) is -16.8. The van der Waals surface area contributed by atoms with E-state index in [1.54, 1.807) is 44.2 Å². The average Bonchev–Trinajstić information content (AvgIpc) is 3.48. The van der Waals surface area contributed by atoms with Crippen LogP contribution in [0, 0.1) is 5.92 Å². The van der Waals surface area contributed by atoms with Crippen LogP contribution in [0.1, 0.15) is 96.6 Å². The van der Waals surface area contributed by atoms with Gasteiger partial charge in [-0.15, -0.1) is 0 Å². The fourth-order valence-corrected chi connectivity index (χ4v) is 7.51. The number of benzene rings is 2. The second-order valence-electron chi connectivity index (χ2n) is 19.1. The van der Waals surface area contributed by atoms with Crippen LogP contribution in [-0.4, -0.2) is 175 Å². The zero-order valence-corrected chi connectivity index (χ0v) is 45.4. The molecule has 0 heterocycles. The van der Waals surface area contributed by atoms with Gasteiger partial charge < -0.3 is 84.2 Å². The van der Waals surface area contributed by atoms with E-state index in [4.69, 9.17) is 10.8 Å². The van der Waals surface area contributed by atoms with Gasteiger partial charge in [-0.25, -0.2) is 0 Å². The third-order valence-corrected chi connectivity index (χ3v) is 12.5. The van der Waals surface area contributed by atoms with Crippen LogP contribution >= 0.6 is 0 Å². The molecule has 0 unspecified atom stereocenters. The van der Waals surface area contributed by atoms with E-state index in [0.717, 1.165) is 6.92 Å². The standard InChI is InChI=1S/C52H72N10O20/c1-5-26(2)43(62-44(73)27(3)55-47(76)34(17-21-41(69)70)58-45(74)32(53)15-19-39(65)66)51(80)61-36(24-30-11-13-31(63)14-12-30)46(75)54-25-38(64)57-33(16-20-40(67)68)49(78)60-37(23-29-9-7-6-8-10-29)50(79)59-35(18-22-42(71)72)48(77)56-28(4)52(81)82/h6-14,26-28,32-37,43,63H,5,15-25,53H2,1-4H3,(H,54,75)(H,55,76)(H,56,77)(H,57,64)(H,58,74)(H,59,79)(H,60,78)(H,61,80)(H,62,73)(H,65,66)(H,67,68)(H,69,70)(H,71,72)(H,81,82)/t26-,27-,28-,32-,33-,34-,35-,36-,37-,43-/m0/s1. The molecule has 0 radical (unpaired) electrons. The van der Waals surface area contributed by atoms with Crippen molar-refractivity contribution in [2.45, 2.75) is 153 Å². The predicted octanol–water partition coefficient (Wildman–Crippen LogP) is -2.87. The second kappa shape index (κ2) is 34.7. The second-order valence-corrected chi connectivity index (χ2v) is 19.1. The molecular formula is C52H72N10O20. The molecule has 0 saturated heterocycles. The predicted molar refractivity (Wildman–Crippen MR) is 284 cm³/mol. The Hall–Kier alpha value is -9.22. The van der Waals surface area contributed by atoms with Crippen LogP contribution in [0.4, 0.5) is 0 Å². The van der Waals surface area contributed by atoms with Crippen molar-refractivity contribution < 1.29 is 97.8 Å². The highest BCUT2D eigenvalue weighted by Gasteiger charge is 2.35. The van der Waals surface area contributed by atoms with Crippen LogP contribution in [0.25, 0.3) is 0 Å². The minimum atomic E-state index is -1.71. The van der Waals surface area contributed by atoms with E-state index < -0.39 is 195 Å². The fourth-order valence-electron chi connectivity index (χ4n) is 7.51. The molecule has 0 saturated carbocycles. The molecule has 0 bridgehead atoms. The Morgan fingerprint density at radius 3 is 1.33 bits per heavy atom. The van der Waals surface area contributed by atoms with Gasteiger partial charge in [0.15, 0.2) is 0 Å². The Kier molecular flexibility index (Phi) is 29.2. The maximum absolute atomic E-state index is 14.1. The van der Waals surface area contributed by atoms with E-state index in [0.29, 0.717) is 11.1 Å². The number of rotatable bonds is 37. The molecule has 0 aliphatic rings. The Bertz CT molecular complexity index is 2600. The number of aromatic hydroxyl groups is 1. The number of carbonyl (C=O) groups is 14. The highest BCUT2D eigenvalue weighted by Crippen LogP contribution is 2.15. The number of hydrogen-bond acceptors (Lipinski definition) is 16. The average molecular weight is 1160 g/mol. The zero-order valence-electron chi connectivity index (χ0n) is 45.4. The summed E-state index contributed by atoms with van der Waals surface area (Å²) < 4.78 is 0. The number of hydrogen-bond donors (Lipinski definition) is 16. The number of phenolic OH excluding ortho intramolecular Hbond substituents is 1. The summed E-state index contributed by atoms with van der Waals surface area (Å²) in [4.78, 5) is 179. The van der Waals surface area contributed by atoms with Crippen molar-refractivity contribution in [3.63, 3.8) is 0 Å².